The van der Waals surface area contributed by atoms with Crippen molar-refractivity contribution in [2.75, 3.05) is 6.61 Å². The first kappa shape index (κ1) is 9.45. The summed E-state index contributed by atoms with van der Waals surface area (Å²) in [6, 6.07) is 3.54. The van der Waals surface area contributed by atoms with E-state index in [2.05, 4.69) is 0 Å². The average Bonchev–Trinajstić information content (AvgIpc) is 2.03. The monoisotopic (exact) mass is 189 g/mol. The molecule has 1 rings (SSSR count). The van der Waals surface area contributed by atoms with Crippen LogP contribution in [-0.2, 0) is 0 Å². The summed E-state index contributed by atoms with van der Waals surface area (Å²) in [4.78, 5) is 0. The van der Waals surface area contributed by atoms with Crippen molar-refractivity contribution in [3.63, 3.8) is 0 Å². The number of aliphatic hydroxyl groups excluding tert-OH is 1. The van der Waals surface area contributed by atoms with Gasteiger partial charge in [0.15, 0.2) is 0 Å². The minimum absolute atomic E-state index is 0.168. The van der Waals surface area contributed by atoms with Gasteiger partial charge in [0, 0.05) is 10.6 Å². The second-order valence-corrected chi connectivity index (χ2v) is 2.83. The standard InChI is InChI=1S/C8H9ClFNO/c9-5-2-1-3-6(10)8(5)7(11)4-12/h1-3,7,12H,4,11H2. The molecule has 4 heteroatoms. The topological polar surface area (TPSA) is 46.2 Å². The highest BCUT2D eigenvalue weighted by atomic mass is 35.5. The number of rotatable bonds is 2. The van der Waals surface area contributed by atoms with Crippen molar-refractivity contribution in [2.45, 2.75) is 6.04 Å². The van der Waals surface area contributed by atoms with Crippen molar-refractivity contribution in [2.24, 2.45) is 5.73 Å². The third-order valence-electron chi connectivity index (χ3n) is 1.57. The molecule has 0 aliphatic heterocycles. The first-order chi connectivity index (χ1) is 5.66. The maximum Gasteiger partial charge on any atom is 0.129 e. The summed E-state index contributed by atoms with van der Waals surface area (Å²) in [5.41, 5.74) is 5.59. The van der Waals surface area contributed by atoms with Crippen LogP contribution in [0.1, 0.15) is 11.6 Å². The maximum atomic E-state index is 13.0. The van der Waals surface area contributed by atoms with Gasteiger partial charge in [-0.05, 0) is 12.1 Å². The Bertz CT molecular complexity index is 260. The fraction of sp³-hybridized carbons (Fsp3) is 0.250. The summed E-state index contributed by atoms with van der Waals surface area (Å²) < 4.78 is 13.0. The second kappa shape index (κ2) is 3.85. The molecule has 0 fully saturated rings. The fourth-order valence-corrected chi connectivity index (χ4v) is 1.26. The molecule has 0 aliphatic carbocycles. The van der Waals surface area contributed by atoms with Crippen LogP contribution in [-0.4, -0.2) is 11.7 Å². The van der Waals surface area contributed by atoms with E-state index in [9.17, 15) is 4.39 Å². The number of hydrogen-bond acceptors (Lipinski definition) is 2. The predicted molar refractivity (Wildman–Crippen MR) is 45.4 cm³/mol. The Hall–Kier alpha value is -0.640. The van der Waals surface area contributed by atoms with Crippen molar-refractivity contribution >= 4 is 11.6 Å². The molecule has 0 saturated heterocycles. The largest absolute Gasteiger partial charge is 0.394 e. The maximum absolute atomic E-state index is 13.0. The third kappa shape index (κ3) is 1.75. The summed E-state index contributed by atoms with van der Waals surface area (Å²) in [5, 5.41) is 8.93. The molecule has 3 N–H and O–H groups in total. The van der Waals surface area contributed by atoms with Crippen LogP contribution in [0.15, 0.2) is 18.2 Å². The molecule has 0 saturated carbocycles. The molecular weight excluding hydrogens is 181 g/mol. The van der Waals surface area contributed by atoms with Crippen molar-refractivity contribution in [1.82, 2.24) is 0 Å². The molecule has 1 unspecified atom stereocenters. The smallest absolute Gasteiger partial charge is 0.129 e. The van der Waals surface area contributed by atoms with E-state index in [4.69, 9.17) is 22.4 Å². The van der Waals surface area contributed by atoms with Gasteiger partial charge in [0.25, 0.3) is 0 Å². The van der Waals surface area contributed by atoms with Crippen LogP contribution in [0.2, 0.25) is 5.02 Å². The Labute approximate surface area is 74.8 Å². The van der Waals surface area contributed by atoms with Crippen molar-refractivity contribution in [3.8, 4) is 0 Å². The lowest BCUT2D eigenvalue weighted by molar-refractivity contribution is 0.265. The van der Waals surface area contributed by atoms with Crippen LogP contribution in [0, 0.1) is 5.82 Å². The zero-order chi connectivity index (χ0) is 9.14. The van der Waals surface area contributed by atoms with Gasteiger partial charge in [-0.3, -0.25) is 0 Å². The molecular formula is C8H9ClFNO. The van der Waals surface area contributed by atoms with Crippen molar-refractivity contribution in [1.29, 1.82) is 0 Å². The third-order valence-corrected chi connectivity index (χ3v) is 1.90. The average molecular weight is 190 g/mol. The lowest BCUT2D eigenvalue weighted by atomic mass is 10.1. The Morgan fingerprint density at radius 2 is 2.25 bits per heavy atom. The lowest BCUT2D eigenvalue weighted by Gasteiger charge is -2.10. The molecule has 1 atom stereocenters. The fourth-order valence-electron chi connectivity index (χ4n) is 0.956. The van der Waals surface area contributed by atoms with Crippen LogP contribution in [0.25, 0.3) is 0 Å². The second-order valence-electron chi connectivity index (χ2n) is 2.42. The number of nitrogens with two attached hydrogens (primary N) is 1. The number of halogens is 2. The summed E-state index contributed by atoms with van der Waals surface area (Å²) in [7, 11) is 0. The zero-order valence-electron chi connectivity index (χ0n) is 6.30. The molecule has 2 nitrogen and oxygen atoms in total. The van der Waals surface area contributed by atoms with Crippen LogP contribution in [0.5, 0.6) is 0 Å². The molecule has 12 heavy (non-hydrogen) atoms. The minimum Gasteiger partial charge on any atom is -0.394 e. The molecule has 0 bridgehead atoms. The molecule has 1 aromatic carbocycles. The highest BCUT2D eigenvalue weighted by Gasteiger charge is 2.13. The Balaban J connectivity index is 3.12. The highest BCUT2D eigenvalue weighted by Crippen LogP contribution is 2.23. The van der Waals surface area contributed by atoms with Gasteiger partial charge >= 0.3 is 0 Å². The van der Waals surface area contributed by atoms with Gasteiger partial charge in [0.1, 0.15) is 5.82 Å². The molecule has 1 aromatic rings. The first-order valence-corrected chi connectivity index (χ1v) is 3.85. The molecule has 0 heterocycles. The number of benzene rings is 1. The zero-order valence-corrected chi connectivity index (χ0v) is 7.05. The van der Waals surface area contributed by atoms with Gasteiger partial charge in [-0.15, -0.1) is 0 Å². The first-order valence-electron chi connectivity index (χ1n) is 3.47. The Morgan fingerprint density at radius 3 is 2.75 bits per heavy atom. The van der Waals surface area contributed by atoms with Gasteiger partial charge in [0.05, 0.1) is 12.6 Å². The quantitative estimate of drug-likeness (QED) is 0.740. The summed E-state index contributed by atoms with van der Waals surface area (Å²) in [6.45, 7) is -0.319. The van der Waals surface area contributed by atoms with Gasteiger partial charge in [-0.1, -0.05) is 17.7 Å². The van der Waals surface area contributed by atoms with Crippen LogP contribution in [0.3, 0.4) is 0 Å². The van der Waals surface area contributed by atoms with E-state index in [1.807, 2.05) is 0 Å². The van der Waals surface area contributed by atoms with E-state index in [1.54, 1.807) is 0 Å². The van der Waals surface area contributed by atoms with E-state index in [0.717, 1.165) is 0 Å². The number of aliphatic hydroxyl groups is 1. The van der Waals surface area contributed by atoms with E-state index >= 15 is 0 Å². The molecule has 0 radical (unpaired) electrons. The van der Waals surface area contributed by atoms with E-state index in [1.165, 1.54) is 18.2 Å². The highest BCUT2D eigenvalue weighted by molar-refractivity contribution is 6.31. The minimum atomic E-state index is -0.751. The van der Waals surface area contributed by atoms with Crippen LogP contribution < -0.4 is 5.73 Å². The Morgan fingerprint density at radius 1 is 1.58 bits per heavy atom. The summed E-state index contributed by atoms with van der Waals surface area (Å²) in [5.74, 6) is -0.482. The lowest BCUT2D eigenvalue weighted by Crippen LogP contribution is -2.16. The molecule has 66 valence electrons. The van der Waals surface area contributed by atoms with E-state index in [0.29, 0.717) is 0 Å². The predicted octanol–water partition coefficient (Wildman–Crippen LogP) is 1.47. The van der Waals surface area contributed by atoms with Crippen LogP contribution in [0.4, 0.5) is 4.39 Å². The van der Waals surface area contributed by atoms with Gasteiger partial charge in [-0.25, -0.2) is 4.39 Å². The number of hydrogen-bond donors (Lipinski definition) is 2. The van der Waals surface area contributed by atoms with Gasteiger partial charge < -0.3 is 10.8 Å². The van der Waals surface area contributed by atoms with E-state index in [-0.39, 0.29) is 17.2 Å². The molecule has 0 amide bonds. The van der Waals surface area contributed by atoms with Crippen LogP contribution >= 0.6 is 11.6 Å². The summed E-state index contributed by atoms with van der Waals surface area (Å²) in [6.07, 6.45) is 0. The Kier molecular flexibility index (Phi) is 3.03. The van der Waals surface area contributed by atoms with E-state index < -0.39 is 11.9 Å². The normalized spacial score (nSPS) is 13.0. The molecule has 0 spiro atoms. The summed E-state index contributed by atoms with van der Waals surface area (Å²) >= 11 is 5.67. The SMILES string of the molecule is NC(CO)c1c(F)cccc1Cl. The molecule has 0 aliphatic rings. The van der Waals surface area contributed by atoms with Gasteiger partial charge in [0.2, 0.25) is 0 Å². The van der Waals surface area contributed by atoms with Gasteiger partial charge in [-0.2, -0.15) is 0 Å². The molecule has 0 aromatic heterocycles. The van der Waals surface area contributed by atoms with Crippen molar-refractivity contribution < 1.29 is 9.50 Å². The van der Waals surface area contributed by atoms with Crippen molar-refractivity contribution in [3.05, 3.63) is 34.6 Å².